The molecule has 0 saturated carbocycles. The number of hydrogen-bond acceptors (Lipinski definition) is 5. The third-order valence-corrected chi connectivity index (χ3v) is 3.63. The van der Waals surface area contributed by atoms with Crippen molar-refractivity contribution in [2.45, 2.75) is 12.5 Å². The van der Waals surface area contributed by atoms with Gasteiger partial charge in [0.2, 0.25) is 0 Å². The van der Waals surface area contributed by atoms with Crippen molar-refractivity contribution in [2.24, 2.45) is 0 Å². The van der Waals surface area contributed by atoms with Gasteiger partial charge in [0.05, 0.1) is 0 Å². The Balaban J connectivity index is 1.62. The summed E-state index contributed by atoms with van der Waals surface area (Å²) in [4.78, 5) is 14.8. The molecule has 2 aromatic heterocycles. The number of nitrogens with zero attached hydrogens (tertiary/aromatic N) is 4. The van der Waals surface area contributed by atoms with Gasteiger partial charge < -0.3 is 10.2 Å². The standard InChI is InChI=1S/C13H14BrN5/c14-10-1-2-13(16-7-10)19-6-4-11(8-19)18-12-3-5-15-9-17-12/h1-3,5,7,9,11H,4,6,8H2,(H,15,17,18). The van der Waals surface area contributed by atoms with Crippen LogP contribution in [0.2, 0.25) is 0 Å². The number of aromatic nitrogens is 3. The van der Waals surface area contributed by atoms with E-state index in [9.17, 15) is 0 Å². The second kappa shape index (κ2) is 5.52. The first-order chi connectivity index (χ1) is 9.31. The summed E-state index contributed by atoms with van der Waals surface area (Å²) in [6, 6.07) is 6.35. The summed E-state index contributed by atoms with van der Waals surface area (Å²) >= 11 is 3.40. The van der Waals surface area contributed by atoms with Gasteiger partial charge in [-0.05, 0) is 40.5 Å². The van der Waals surface area contributed by atoms with E-state index in [1.54, 1.807) is 12.5 Å². The molecule has 0 bridgehead atoms. The van der Waals surface area contributed by atoms with Crippen LogP contribution in [0.15, 0.2) is 41.4 Å². The molecule has 1 saturated heterocycles. The lowest BCUT2D eigenvalue weighted by molar-refractivity contribution is 0.798. The first kappa shape index (κ1) is 12.3. The lowest BCUT2D eigenvalue weighted by Gasteiger charge is -2.18. The molecular formula is C13H14BrN5. The highest BCUT2D eigenvalue weighted by molar-refractivity contribution is 9.10. The van der Waals surface area contributed by atoms with E-state index in [1.165, 1.54) is 0 Å². The topological polar surface area (TPSA) is 53.9 Å². The molecule has 1 fully saturated rings. The molecule has 1 atom stereocenters. The zero-order valence-electron chi connectivity index (χ0n) is 10.3. The quantitative estimate of drug-likeness (QED) is 0.941. The molecule has 0 radical (unpaired) electrons. The molecule has 0 aliphatic carbocycles. The van der Waals surface area contributed by atoms with E-state index in [2.05, 4.69) is 41.1 Å². The minimum Gasteiger partial charge on any atom is -0.365 e. The average Bonchev–Trinajstić information content (AvgIpc) is 2.89. The van der Waals surface area contributed by atoms with E-state index in [0.29, 0.717) is 6.04 Å². The summed E-state index contributed by atoms with van der Waals surface area (Å²) in [5.41, 5.74) is 0. The smallest absolute Gasteiger partial charge is 0.129 e. The van der Waals surface area contributed by atoms with Crippen molar-refractivity contribution >= 4 is 27.6 Å². The van der Waals surface area contributed by atoms with Crippen LogP contribution in [0.5, 0.6) is 0 Å². The van der Waals surface area contributed by atoms with Gasteiger partial charge in [-0.2, -0.15) is 0 Å². The third kappa shape index (κ3) is 3.01. The Labute approximate surface area is 120 Å². The van der Waals surface area contributed by atoms with Gasteiger partial charge in [0.1, 0.15) is 18.0 Å². The number of rotatable bonds is 3. The summed E-state index contributed by atoms with van der Waals surface area (Å²) in [5, 5.41) is 3.42. The van der Waals surface area contributed by atoms with Gasteiger partial charge in [0.25, 0.3) is 0 Å². The maximum Gasteiger partial charge on any atom is 0.129 e. The van der Waals surface area contributed by atoms with Crippen molar-refractivity contribution < 1.29 is 0 Å². The van der Waals surface area contributed by atoms with Crippen LogP contribution in [0.1, 0.15) is 6.42 Å². The fourth-order valence-electron chi connectivity index (χ4n) is 2.23. The van der Waals surface area contributed by atoms with Crippen LogP contribution in [-0.4, -0.2) is 34.1 Å². The summed E-state index contributed by atoms with van der Waals surface area (Å²) in [7, 11) is 0. The number of nitrogens with one attached hydrogen (secondary N) is 1. The third-order valence-electron chi connectivity index (χ3n) is 3.16. The lowest BCUT2D eigenvalue weighted by Crippen LogP contribution is -2.26. The zero-order chi connectivity index (χ0) is 13.1. The molecule has 5 nitrogen and oxygen atoms in total. The van der Waals surface area contributed by atoms with Crippen LogP contribution >= 0.6 is 15.9 Å². The maximum absolute atomic E-state index is 4.43. The van der Waals surface area contributed by atoms with Crippen LogP contribution < -0.4 is 10.2 Å². The molecule has 3 rings (SSSR count). The van der Waals surface area contributed by atoms with Crippen molar-refractivity contribution in [1.82, 2.24) is 15.0 Å². The summed E-state index contributed by atoms with van der Waals surface area (Å²) < 4.78 is 1.01. The largest absolute Gasteiger partial charge is 0.365 e. The highest BCUT2D eigenvalue weighted by Gasteiger charge is 2.23. The van der Waals surface area contributed by atoms with Gasteiger partial charge in [-0.3, -0.25) is 0 Å². The van der Waals surface area contributed by atoms with Gasteiger partial charge >= 0.3 is 0 Å². The van der Waals surface area contributed by atoms with E-state index in [0.717, 1.165) is 35.6 Å². The second-order valence-electron chi connectivity index (χ2n) is 4.51. The predicted octanol–water partition coefficient (Wildman–Crippen LogP) is 2.32. The first-order valence-electron chi connectivity index (χ1n) is 6.20. The van der Waals surface area contributed by atoms with Gasteiger partial charge in [0.15, 0.2) is 0 Å². The van der Waals surface area contributed by atoms with E-state index >= 15 is 0 Å². The minimum atomic E-state index is 0.403. The molecule has 2 aromatic rings. The number of hydrogen-bond donors (Lipinski definition) is 1. The van der Waals surface area contributed by atoms with Gasteiger partial charge in [-0.15, -0.1) is 0 Å². The average molecular weight is 320 g/mol. The monoisotopic (exact) mass is 319 g/mol. The molecule has 0 spiro atoms. The molecule has 1 aliphatic rings. The molecule has 0 amide bonds. The summed E-state index contributed by atoms with van der Waals surface area (Å²) in [5.74, 6) is 1.90. The van der Waals surface area contributed by atoms with E-state index in [1.807, 2.05) is 24.4 Å². The lowest BCUT2D eigenvalue weighted by atomic mass is 10.2. The second-order valence-corrected chi connectivity index (χ2v) is 5.42. The van der Waals surface area contributed by atoms with Crippen LogP contribution in [0.4, 0.5) is 11.6 Å². The Kier molecular flexibility index (Phi) is 3.59. The van der Waals surface area contributed by atoms with Crippen LogP contribution in [0.3, 0.4) is 0 Å². The Bertz CT molecular complexity index is 530. The van der Waals surface area contributed by atoms with Gasteiger partial charge in [0, 0.05) is 36.0 Å². The van der Waals surface area contributed by atoms with Crippen molar-refractivity contribution in [3.63, 3.8) is 0 Å². The van der Waals surface area contributed by atoms with E-state index < -0.39 is 0 Å². The molecule has 3 heterocycles. The molecule has 98 valence electrons. The SMILES string of the molecule is Brc1ccc(N2CCC(Nc3ccncn3)C2)nc1. The molecule has 1 unspecified atom stereocenters. The first-order valence-corrected chi connectivity index (χ1v) is 6.99. The Hall–Kier alpha value is -1.69. The summed E-state index contributed by atoms with van der Waals surface area (Å²) in [6.07, 6.45) is 6.23. The molecular weight excluding hydrogens is 306 g/mol. The Morgan fingerprint density at radius 1 is 1.26 bits per heavy atom. The highest BCUT2D eigenvalue weighted by atomic mass is 79.9. The Morgan fingerprint density at radius 2 is 2.21 bits per heavy atom. The van der Waals surface area contributed by atoms with Crippen LogP contribution in [0, 0.1) is 0 Å². The van der Waals surface area contributed by atoms with Crippen molar-refractivity contribution in [3.8, 4) is 0 Å². The fraction of sp³-hybridized carbons (Fsp3) is 0.308. The van der Waals surface area contributed by atoms with Crippen LogP contribution in [-0.2, 0) is 0 Å². The molecule has 1 aliphatic heterocycles. The normalized spacial score (nSPS) is 18.6. The number of pyridine rings is 1. The van der Waals surface area contributed by atoms with Crippen molar-refractivity contribution in [1.29, 1.82) is 0 Å². The van der Waals surface area contributed by atoms with Gasteiger partial charge in [-0.1, -0.05) is 0 Å². The minimum absolute atomic E-state index is 0.403. The summed E-state index contributed by atoms with van der Waals surface area (Å²) in [6.45, 7) is 1.95. The van der Waals surface area contributed by atoms with Crippen molar-refractivity contribution in [3.05, 3.63) is 41.4 Å². The number of halogens is 1. The van der Waals surface area contributed by atoms with Crippen molar-refractivity contribution in [2.75, 3.05) is 23.3 Å². The van der Waals surface area contributed by atoms with Gasteiger partial charge in [-0.25, -0.2) is 15.0 Å². The van der Waals surface area contributed by atoms with E-state index in [4.69, 9.17) is 0 Å². The molecule has 6 heteroatoms. The zero-order valence-corrected chi connectivity index (χ0v) is 11.9. The fourth-order valence-corrected chi connectivity index (χ4v) is 2.46. The molecule has 1 N–H and O–H groups in total. The Morgan fingerprint density at radius 3 is 2.95 bits per heavy atom. The maximum atomic E-state index is 4.43. The molecule has 19 heavy (non-hydrogen) atoms. The predicted molar refractivity (Wildman–Crippen MR) is 78.2 cm³/mol. The highest BCUT2D eigenvalue weighted by Crippen LogP contribution is 2.21. The van der Waals surface area contributed by atoms with E-state index in [-0.39, 0.29) is 0 Å². The number of anilines is 2. The molecule has 0 aromatic carbocycles. The van der Waals surface area contributed by atoms with Crippen LogP contribution in [0.25, 0.3) is 0 Å².